The highest BCUT2D eigenvalue weighted by Gasteiger charge is 2.46. The fourth-order valence-electron chi connectivity index (χ4n) is 3.99. The molecule has 1 aliphatic heterocycles. The van der Waals surface area contributed by atoms with Crippen molar-refractivity contribution in [2.45, 2.75) is 31.1 Å². The molecule has 2 atom stereocenters. The topological polar surface area (TPSA) is 60.2 Å². The minimum atomic E-state index is -2.85. The van der Waals surface area contributed by atoms with Gasteiger partial charge in [-0.3, -0.25) is 0 Å². The second-order valence-electron chi connectivity index (χ2n) is 5.97. The van der Waals surface area contributed by atoms with Crippen LogP contribution in [-0.2, 0) is 21.7 Å². The molecule has 0 spiro atoms. The smallest absolute Gasteiger partial charge is 0.150 e. The second-order valence-corrected chi connectivity index (χ2v) is 8.20. The van der Waals surface area contributed by atoms with Crippen molar-refractivity contribution in [2.24, 2.45) is 11.7 Å². The van der Waals surface area contributed by atoms with Gasteiger partial charge in [0.1, 0.15) is 0 Å². The summed E-state index contributed by atoms with van der Waals surface area (Å²) in [6, 6.07) is 8.45. The Kier molecular flexibility index (Phi) is 3.18. The molecule has 3 rings (SSSR count). The Morgan fingerprint density at radius 1 is 1.32 bits per heavy atom. The largest absolute Gasteiger partial charge is 0.330 e. The van der Waals surface area contributed by atoms with Crippen molar-refractivity contribution in [3.05, 3.63) is 35.4 Å². The highest BCUT2D eigenvalue weighted by atomic mass is 32.2. The summed E-state index contributed by atoms with van der Waals surface area (Å²) in [6.45, 7) is 0.560. The van der Waals surface area contributed by atoms with Crippen LogP contribution in [0.1, 0.15) is 30.4 Å². The lowest BCUT2D eigenvalue weighted by molar-refractivity contribution is 0.258. The van der Waals surface area contributed by atoms with Gasteiger partial charge in [-0.2, -0.15) is 0 Å². The van der Waals surface area contributed by atoms with Gasteiger partial charge in [-0.15, -0.1) is 0 Å². The summed E-state index contributed by atoms with van der Waals surface area (Å²) >= 11 is 0. The normalized spacial score (nSPS) is 33.0. The molecule has 19 heavy (non-hydrogen) atoms. The van der Waals surface area contributed by atoms with E-state index in [1.54, 1.807) is 0 Å². The Hall–Kier alpha value is -0.870. The van der Waals surface area contributed by atoms with Crippen LogP contribution in [0, 0.1) is 5.92 Å². The molecule has 0 amide bonds. The molecule has 1 heterocycles. The molecule has 1 saturated heterocycles. The summed E-state index contributed by atoms with van der Waals surface area (Å²) in [5.41, 5.74) is 8.69. The van der Waals surface area contributed by atoms with E-state index in [0.29, 0.717) is 18.1 Å². The van der Waals surface area contributed by atoms with E-state index in [4.69, 9.17) is 5.73 Å². The third-order valence-corrected chi connectivity index (χ3v) is 6.77. The van der Waals surface area contributed by atoms with Gasteiger partial charge in [-0.05, 0) is 42.7 Å². The van der Waals surface area contributed by atoms with Gasteiger partial charge in [0.05, 0.1) is 11.5 Å². The summed E-state index contributed by atoms with van der Waals surface area (Å²) in [7, 11) is -2.85. The van der Waals surface area contributed by atoms with Crippen LogP contribution in [0.2, 0.25) is 0 Å². The van der Waals surface area contributed by atoms with Crippen LogP contribution in [0.5, 0.6) is 0 Å². The highest BCUT2D eigenvalue weighted by Crippen LogP contribution is 2.46. The number of rotatable bonds is 2. The van der Waals surface area contributed by atoms with E-state index in [1.807, 2.05) is 0 Å². The van der Waals surface area contributed by atoms with E-state index in [1.165, 1.54) is 11.1 Å². The van der Waals surface area contributed by atoms with Crippen molar-refractivity contribution in [3.8, 4) is 0 Å². The number of fused-ring (bicyclic) bond motifs is 1. The summed E-state index contributed by atoms with van der Waals surface area (Å²) in [4.78, 5) is 0. The van der Waals surface area contributed by atoms with Crippen LogP contribution in [0.25, 0.3) is 0 Å². The maximum absolute atomic E-state index is 11.8. The molecule has 0 aromatic heterocycles. The molecule has 3 nitrogen and oxygen atoms in total. The molecule has 2 aliphatic rings. The van der Waals surface area contributed by atoms with Crippen LogP contribution in [0.15, 0.2) is 24.3 Å². The van der Waals surface area contributed by atoms with Crippen molar-refractivity contribution in [1.82, 2.24) is 0 Å². The standard InChI is InChI=1S/C15H21NO2S/c16-11-15(13-7-9-19(17,18)10-13)8-3-5-12-4-1-2-6-14(12)15/h1-2,4,6,13H,3,5,7-11,16H2. The first-order chi connectivity index (χ1) is 9.07. The van der Waals surface area contributed by atoms with Gasteiger partial charge >= 0.3 is 0 Å². The van der Waals surface area contributed by atoms with E-state index in [9.17, 15) is 8.42 Å². The molecule has 1 fully saturated rings. The van der Waals surface area contributed by atoms with E-state index in [2.05, 4.69) is 24.3 Å². The van der Waals surface area contributed by atoms with Crippen LogP contribution >= 0.6 is 0 Å². The summed E-state index contributed by atoms with van der Waals surface area (Å²) < 4.78 is 23.6. The molecule has 4 heteroatoms. The first-order valence-corrected chi connectivity index (χ1v) is 8.88. The highest BCUT2D eigenvalue weighted by molar-refractivity contribution is 7.91. The number of hydrogen-bond donors (Lipinski definition) is 1. The van der Waals surface area contributed by atoms with E-state index in [-0.39, 0.29) is 11.3 Å². The average Bonchev–Trinajstić information content (AvgIpc) is 2.79. The van der Waals surface area contributed by atoms with Gasteiger partial charge in [0.25, 0.3) is 0 Å². The number of benzene rings is 1. The fraction of sp³-hybridized carbons (Fsp3) is 0.600. The molecule has 2 unspecified atom stereocenters. The zero-order chi connectivity index (χ0) is 13.5. The van der Waals surface area contributed by atoms with Crippen molar-refractivity contribution in [2.75, 3.05) is 18.1 Å². The summed E-state index contributed by atoms with van der Waals surface area (Å²) in [6.07, 6.45) is 4.01. The van der Waals surface area contributed by atoms with Gasteiger partial charge < -0.3 is 5.73 Å². The Morgan fingerprint density at radius 2 is 2.11 bits per heavy atom. The first kappa shape index (κ1) is 13.1. The lowest BCUT2D eigenvalue weighted by Gasteiger charge is -2.42. The minimum absolute atomic E-state index is 0.113. The number of nitrogens with two attached hydrogens (primary N) is 1. The summed E-state index contributed by atoms with van der Waals surface area (Å²) in [5.74, 6) is 0.851. The molecule has 0 saturated carbocycles. The quantitative estimate of drug-likeness (QED) is 0.895. The van der Waals surface area contributed by atoms with E-state index in [0.717, 1.165) is 25.7 Å². The fourth-order valence-corrected chi connectivity index (χ4v) is 5.90. The van der Waals surface area contributed by atoms with E-state index >= 15 is 0 Å². The van der Waals surface area contributed by atoms with E-state index < -0.39 is 9.84 Å². The molecular weight excluding hydrogens is 258 g/mol. The minimum Gasteiger partial charge on any atom is -0.330 e. The van der Waals surface area contributed by atoms with Gasteiger partial charge in [0.15, 0.2) is 9.84 Å². The van der Waals surface area contributed by atoms with Crippen LogP contribution in [-0.4, -0.2) is 26.5 Å². The third kappa shape index (κ3) is 2.11. The van der Waals surface area contributed by atoms with Crippen molar-refractivity contribution in [1.29, 1.82) is 0 Å². The second kappa shape index (κ2) is 4.60. The molecule has 1 aromatic rings. The van der Waals surface area contributed by atoms with Gasteiger partial charge in [0, 0.05) is 12.0 Å². The van der Waals surface area contributed by atoms with Crippen LogP contribution in [0.4, 0.5) is 0 Å². The van der Waals surface area contributed by atoms with Crippen LogP contribution in [0.3, 0.4) is 0 Å². The maximum atomic E-state index is 11.8. The third-order valence-electron chi connectivity index (χ3n) is 5.00. The Balaban J connectivity index is 2.06. The Bertz CT molecular complexity index is 582. The molecule has 1 aromatic carbocycles. The zero-order valence-corrected chi connectivity index (χ0v) is 12.0. The predicted octanol–water partition coefficient (Wildman–Crippen LogP) is 1.65. The Labute approximate surface area is 115 Å². The monoisotopic (exact) mass is 279 g/mol. The van der Waals surface area contributed by atoms with Crippen molar-refractivity contribution in [3.63, 3.8) is 0 Å². The van der Waals surface area contributed by atoms with Gasteiger partial charge in [0.2, 0.25) is 0 Å². The SMILES string of the molecule is NCC1(C2CCS(=O)(=O)C2)CCCc2ccccc21. The number of aryl methyl sites for hydroxylation is 1. The van der Waals surface area contributed by atoms with Crippen molar-refractivity contribution < 1.29 is 8.42 Å². The Morgan fingerprint density at radius 3 is 2.79 bits per heavy atom. The maximum Gasteiger partial charge on any atom is 0.150 e. The average molecular weight is 279 g/mol. The lowest BCUT2D eigenvalue weighted by atomic mass is 9.62. The summed E-state index contributed by atoms with van der Waals surface area (Å²) in [5, 5.41) is 0. The molecule has 0 radical (unpaired) electrons. The molecule has 2 N–H and O–H groups in total. The number of sulfone groups is 1. The van der Waals surface area contributed by atoms with Crippen molar-refractivity contribution >= 4 is 9.84 Å². The molecule has 1 aliphatic carbocycles. The van der Waals surface area contributed by atoms with Gasteiger partial charge in [-0.1, -0.05) is 24.3 Å². The van der Waals surface area contributed by atoms with Gasteiger partial charge in [-0.25, -0.2) is 8.42 Å². The lowest BCUT2D eigenvalue weighted by Crippen LogP contribution is -2.45. The molecule has 0 bridgehead atoms. The first-order valence-electron chi connectivity index (χ1n) is 7.06. The zero-order valence-electron chi connectivity index (χ0n) is 11.1. The molecule has 104 valence electrons. The van der Waals surface area contributed by atoms with Crippen LogP contribution < -0.4 is 5.73 Å². The molecular formula is C15H21NO2S. The number of hydrogen-bond acceptors (Lipinski definition) is 3. The predicted molar refractivity (Wildman–Crippen MR) is 76.9 cm³/mol.